The zero-order chi connectivity index (χ0) is 20.6. The number of halogens is 2. The van der Waals surface area contributed by atoms with Gasteiger partial charge < -0.3 is 15.3 Å². The summed E-state index contributed by atoms with van der Waals surface area (Å²) >= 11 is 12.3. The number of hydrogen-bond acceptors (Lipinski definition) is 5. The van der Waals surface area contributed by atoms with Gasteiger partial charge >= 0.3 is 0 Å². The maximum absolute atomic E-state index is 12.7. The van der Waals surface area contributed by atoms with E-state index in [4.69, 9.17) is 23.2 Å². The highest BCUT2D eigenvalue weighted by Crippen LogP contribution is 2.39. The second-order valence-electron chi connectivity index (χ2n) is 8.06. The average Bonchev–Trinajstić information content (AvgIpc) is 3.44. The van der Waals surface area contributed by atoms with Crippen LogP contribution in [0.1, 0.15) is 43.1 Å². The lowest BCUT2D eigenvalue weighted by atomic mass is 10.0. The number of nitrogens with one attached hydrogen (secondary N) is 1. The van der Waals surface area contributed by atoms with Crippen molar-refractivity contribution in [2.24, 2.45) is 5.92 Å². The van der Waals surface area contributed by atoms with E-state index in [0.717, 1.165) is 50.2 Å². The molecule has 2 heterocycles. The normalized spacial score (nSPS) is 18.6. The van der Waals surface area contributed by atoms with Crippen molar-refractivity contribution in [2.75, 3.05) is 24.5 Å². The van der Waals surface area contributed by atoms with Crippen molar-refractivity contribution in [3.63, 3.8) is 0 Å². The second-order valence-corrected chi connectivity index (χ2v) is 8.88. The van der Waals surface area contributed by atoms with Gasteiger partial charge in [0.05, 0.1) is 21.8 Å². The van der Waals surface area contributed by atoms with Crippen molar-refractivity contribution in [1.82, 2.24) is 15.3 Å². The Kier molecular flexibility index (Phi) is 5.69. The molecule has 2 aliphatic rings. The zero-order valence-corrected chi connectivity index (χ0v) is 17.8. The third kappa shape index (κ3) is 4.49. The van der Waals surface area contributed by atoms with Gasteiger partial charge in [-0.3, -0.25) is 4.79 Å². The third-order valence-corrected chi connectivity index (χ3v) is 6.39. The van der Waals surface area contributed by atoms with Gasteiger partial charge in [-0.15, -0.1) is 0 Å². The molecule has 0 bridgehead atoms. The molecule has 8 heteroatoms. The smallest absolute Gasteiger partial charge is 0.271 e. The van der Waals surface area contributed by atoms with Crippen molar-refractivity contribution in [3.05, 3.63) is 40.1 Å². The molecule has 1 saturated heterocycles. The number of rotatable bonds is 6. The van der Waals surface area contributed by atoms with Gasteiger partial charge in [0.15, 0.2) is 5.82 Å². The standard InChI is InChI=1S/C21H24Cl2N4O2/c1-21(29,14-5-6-14)12-25-20(28)17-11-24-19(27-8-2-3-9-27)18(26-17)13-4-7-15(22)16(23)10-13/h4,7,10-11,14,29H,2-3,5-6,8-9,12H2,1H3,(H,25,28). The monoisotopic (exact) mass is 434 g/mol. The first-order valence-corrected chi connectivity index (χ1v) is 10.7. The summed E-state index contributed by atoms with van der Waals surface area (Å²) in [6.45, 7) is 3.75. The van der Waals surface area contributed by atoms with Gasteiger partial charge in [0.1, 0.15) is 11.4 Å². The zero-order valence-electron chi connectivity index (χ0n) is 16.3. The molecule has 1 atom stereocenters. The Morgan fingerprint density at radius 1 is 1.28 bits per heavy atom. The minimum Gasteiger partial charge on any atom is -0.388 e. The van der Waals surface area contributed by atoms with Gasteiger partial charge in [0.2, 0.25) is 0 Å². The number of amides is 1. The van der Waals surface area contributed by atoms with Gasteiger partial charge in [-0.05, 0) is 50.7 Å². The molecule has 2 N–H and O–H groups in total. The molecule has 0 spiro atoms. The van der Waals surface area contributed by atoms with E-state index in [9.17, 15) is 9.90 Å². The fourth-order valence-corrected chi connectivity index (χ4v) is 3.99. The van der Waals surface area contributed by atoms with Crippen LogP contribution < -0.4 is 10.2 Å². The van der Waals surface area contributed by atoms with E-state index in [2.05, 4.69) is 20.2 Å². The fourth-order valence-electron chi connectivity index (χ4n) is 3.69. The first-order valence-electron chi connectivity index (χ1n) is 9.93. The van der Waals surface area contributed by atoms with Crippen LogP contribution in [-0.2, 0) is 0 Å². The van der Waals surface area contributed by atoms with Gasteiger partial charge in [0.25, 0.3) is 5.91 Å². The van der Waals surface area contributed by atoms with E-state index >= 15 is 0 Å². The lowest BCUT2D eigenvalue weighted by Crippen LogP contribution is -2.42. The molecule has 0 radical (unpaired) electrons. The number of aromatic nitrogens is 2. The first kappa shape index (κ1) is 20.4. The van der Waals surface area contributed by atoms with Crippen LogP contribution in [0.3, 0.4) is 0 Å². The van der Waals surface area contributed by atoms with Crippen molar-refractivity contribution in [3.8, 4) is 11.3 Å². The first-order chi connectivity index (χ1) is 13.8. The van der Waals surface area contributed by atoms with E-state index in [0.29, 0.717) is 15.7 Å². The Bertz CT molecular complexity index is 925. The molecule has 1 aromatic carbocycles. The second kappa shape index (κ2) is 8.09. The highest BCUT2D eigenvalue weighted by atomic mass is 35.5. The van der Waals surface area contributed by atoms with Crippen molar-refractivity contribution >= 4 is 34.9 Å². The van der Waals surface area contributed by atoms with Crippen LogP contribution in [0, 0.1) is 5.92 Å². The number of anilines is 1. The van der Waals surface area contributed by atoms with Crippen LogP contribution in [-0.4, -0.2) is 46.2 Å². The summed E-state index contributed by atoms with van der Waals surface area (Å²) in [6, 6.07) is 5.29. The molecule has 154 valence electrons. The van der Waals surface area contributed by atoms with Crippen LogP contribution in [0.4, 0.5) is 5.82 Å². The molecule has 4 rings (SSSR count). The number of benzene rings is 1. The molecule has 1 aromatic heterocycles. The molecule has 6 nitrogen and oxygen atoms in total. The molecule has 2 aromatic rings. The minimum atomic E-state index is -0.898. The molecule has 2 fully saturated rings. The predicted molar refractivity (Wildman–Crippen MR) is 115 cm³/mol. The van der Waals surface area contributed by atoms with Gasteiger partial charge in [-0.25, -0.2) is 9.97 Å². The maximum atomic E-state index is 12.7. The largest absolute Gasteiger partial charge is 0.388 e. The average molecular weight is 435 g/mol. The molecule has 1 saturated carbocycles. The number of carbonyl (C=O) groups is 1. The number of hydrogen-bond donors (Lipinski definition) is 2. The maximum Gasteiger partial charge on any atom is 0.271 e. The van der Waals surface area contributed by atoms with Gasteiger partial charge in [-0.2, -0.15) is 0 Å². The Morgan fingerprint density at radius 3 is 2.66 bits per heavy atom. The van der Waals surface area contributed by atoms with Crippen LogP contribution >= 0.6 is 23.2 Å². The summed E-state index contributed by atoms with van der Waals surface area (Å²) < 4.78 is 0. The lowest BCUT2D eigenvalue weighted by Gasteiger charge is -2.23. The van der Waals surface area contributed by atoms with Crippen molar-refractivity contribution < 1.29 is 9.90 Å². The number of carbonyl (C=O) groups excluding carboxylic acids is 1. The summed E-state index contributed by atoms with van der Waals surface area (Å²) in [5.41, 5.74) is 0.673. The Morgan fingerprint density at radius 2 is 2.00 bits per heavy atom. The van der Waals surface area contributed by atoms with Crippen LogP contribution in [0.2, 0.25) is 10.0 Å². The number of nitrogens with zero attached hydrogens (tertiary/aromatic N) is 3. The summed E-state index contributed by atoms with van der Waals surface area (Å²) in [6.07, 6.45) is 5.68. The summed E-state index contributed by atoms with van der Waals surface area (Å²) in [5, 5.41) is 14.1. The molecular weight excluding hydrogens is 411 g/mol. The Labute approximate surface area is 180 Å². The predicted octanol–water partition coefficient (Wildman–Crippen LogP) is 3.94. The summed E-state index contributed by atoms with van der Waals surface area (Å²) in [7, 11) is 0. The van der Waals surface area contributed by atoms with E-state index in [1.165, 1.54) is 6.20 Å². The van der Waals surface area contributed by atoms with E-state index in [1.54, 1.807) is 19.1 Å². The molecule has 1 aliphatic carbocycles. The molecule has 1 aliphatic heterocycles. The van der Waals surface area contributed by atoms with Crippen LogP contribution in [0.5, 0.6) is 0 Å². The third-order valence-electron chi connectivity index (χ3n) is 5.65. The highest BCUT2D eigenvalue weighted by molar-refractivity contribution is 6.42. The molecule has 29 heavy (non-hydrogen) atoms. The van der Waals surface area contributed by atoms with Crippen LogP contribution in [0.15, 0.2) is 24.4 Å². The summed E-state index contributed by atoms with van der Waals surface area (Å²) in [4.78, 5) is 24.0. The van der Waals surface area contributed by atoms with Crippen molar-refractivity contribution in [2.45, 2.75) is 38.2 Å². The van der Waals surface area contributed by atoms with E-state index < -0.39 is 5.60 Å². The lowest BCUT2D eigenvalue weighted by molar-refractivity contribution is 0.0353. The minimum absolute atomic E-state index is 0.189. The van der Waals surface area contributed by atoms with Crippen molar-refractivity contribution in [1.29, 1.82) is 0 Å². The highest BCUT2D eigenvalue weighted by Gasteiger charge is 2.40. The van der Waals surface area contributed by atoms with Gasteiger partial charge in [0, 0.05) is 25.2 Å². The SMILES string of the molecule is CC(O)(CNC(=O)c1cnc(N2CCCC2)c(-c2ccc(Cl)c(Cl)c2)n1)C1CC1. The summed E-state index contributed by atoms with van der Waals surface area (Å²) in [5.74, 6) is 0.633. The quantitative estimate of drug-likeness (QED) is 0.719. The fraction of sp³-hybridized carbons (Fsp3) is 0.476. The van der Waals surface area contributed by atoms with E-state index in [-0.39, 0.29) is 24.1 Å². The van der Waals surface area contributed by atoms with Gasteiger partial charge in [-0.1, -0.05) is 29.3 Å². The number of aliphatic hydroxyl groups is 1. The molecule has 1 amide bonds. The molecular formula is C21H24Cl2N4O2. The topological polar surface area (TPSA) is 78.3 Å². The molecule has 1 unspecified atom stereocenters. The van der Waals surface area contributed by atoms with E-state index in [1.807, 2.05) is 6.07 Å². The Balaban J connectivity index is 1.63. The van der Waals surface area contributed by atoms with Crippen LogP contribution in [0.25, 0.3) is 11.3 Å². The Hall–Kier alpha value is -1.89.